The van der Waals surface area contributed by atoms with Gasteiger partial charge in [-0.05, 0) is 6.42 Å². The molecule has 0 bridgehead atoms. The van der Waals surface area contributed by atoms with Crippen molar-refractivity contribution in [2.24, 2.45) is 5.73 Å². The Labute approximate surface area is 102 Å². The van der Waals surface area contributed by atoms with Crippen LogP contribution in [0.3, 0.4) is 0 Å². The fourth-order valence-electron chi connectivity index (χ4n) is 1.12. The van der Waals surface area contributed by atoms with E-state index in [2.05, 4.69) is 10.3 Å². The molecule has 0 fully saturated rings. The molecule has 0 unspecified atom stereocenters. The second-order valence-electron chi connectivity index (χ2n) is 3.60. The van der Waals surface area contributed by atoms with Crippen molar-refractivity contribution >= 4 is 17.2 Å². The molecule has 0 aliphatic carbocycles. The Kier molecular flexibility index (Phi) is 4.95. The molecule has 0 atom stereocenters. The van der Waals surface area contributed by atoms with Crippen LogP contribution in [0, 0.1) is 0 Å². The van der Waals surface area contributed by atoms with Crippen LogP contribution in [0.4, 0.5) is 8.78 Å². The largest absolute Gasteiger partial charge is 0.350 e. The first-order valence-corrected chi connectivity index (χ1v) is 6.12. The summed E-state index contributed by atoms with van der Waals surface area (Å²) in [4.78, 5) is 15.5. The average Bonchev–Trinajstić information content (AvgIpc) is 2.74. The minimum absolute atomic E-state index is 0.0250. The molecule has 3 N–H and O–H groups in total. The molecule has 1 rings (SSSR count). The van der Waals surface area contributed by atoms with Gasteiger partial charge in [-0.3, -0.25) is 4.79 Å². The normalized spacial score (nSPS) is 11.5. The fraction of sp³-hybridized carbons (Fsp3) is 0.600. The van der Waals surface area contributed by atoms with Gasteiger partial charge in [0.05, 0.1) is 30.2 Å². The third-order valence-electron chi connectivity index (χ3n) is 2.09. The predicted molar refractivity (Wildman–Crippen MR) is 62.2 cm³/mol. The summed E-state index contributed by atoms with van der Waals surface area (Å²) in [7, 11) is 0. The minimum Gasteiger partial charge on any atom is -0.350 e. The highest BCUT2D eigenvalue weighted by Gasteiger charge is 2.27. The molecule has 0 aliphatic rings. The lowest BCUT2D eigenvalue weighted by Gasteiger charge is -2.14. The zero-order valence-electron chi connectivity index (χ0n) is 9.50. The number of carbonyl (C=O) groups excluding carboxylic acids is 1. The van der Waals surface area contributed by atoms with Gasteiger partial charge in [0.15, 0.2) is 0 Å². The van der Waals surface area contributed by atoms with E-state index in [-0.39, 0.29) is 6.42 Å². The van der Waals surface area contributed by atoms with Gasteiger partial charge in [0.2, 0.25) is 5.91 Å². The van der Waals surface area contributed by atoms with Crippen molar-refractivity contribution in [1.29, 1.82) is 0 Å². The second kappa shape index (κ2) is 6.02. The van der Waals surface area contributed by atoms with Crippen molar-refractivity contribution in [2.75, 3.05) is 13.1 Å². The number of hydrogen-bond acceptors (Lipinski definition) is 4. The van der Waals surface area contributed by atoms with Gasteiger partial charge in [-0.2, -0.15) is 0 Å². The molecule has 0 radical (unpaired) electrons. The van der Waals surface area contributed by atoms with Gasteiger partial charge in [-0.1, -0.05) is 6.92 Å². The Morgan fingerprint density at radius 1 is 1.65 bits per heavy atom. The van der Waals surface area contributed by atoms with E-state index in [0.29, 0.717) is 5.69 Å². The Morgan fingerprint density at radius 2 is 2.35 bits per heavy atom. The van der Waals surface area contributed by atoms with Crippen LogP contribution in [0.2, 0.25) is 0 Å². The molecule has 0 spiro atoms. The predicted octanol–water partition coefficient (Wildman–Crippen LogP) is 0.958. The quantitative estimate of drug-likeness (QED) is 0.803. The van der Waals surface area contributed by atoms with Crippen LogP contribution >= 0.6 is 11.3 Å². The Balaban J connectivity index is 2.39. The summed E-state index contributed by atoms with van der Waals surface area (Å²) in [5, 5.41) is 4.84. The van der Waals surface area contributed by atoms with E-state index in [1.165, 1.54) is 11.3 Å². The molecule has 17 heavy (non-hydrogen) atoms. The highest BCUT2D eigenvalue weighted by molar-refractivity contribution is 7.09. The lowest BCUT2D eigenvalue weighted by molar-refractivity contribution is -0.122. The van der Waals surface area contributed by atoms with Gasteiger partial charge in [-0.15, -0.1) is 11.3 Å². The summed E-state index contributed by atoms with van der Waals surface area (Å²) in [6.07, 6.45) is 0.828. The molecular weight excluding hydrogens is 248 g/mol. The van der Waals surface area contributed by atoms with Crippen LogP contribution in [0.5, 0.6) is 0 Å². The van der Waals surface area contributed by atoms with Crippen LogP contribution in [0.25, 0.3) is 0 Å². The minimum atomic E-state index is -3.05. The number of alkyl halides is 2. The van der Waals surface area contributed by atoms with Gasteiger partial charge in [0, 0.05) is 5.38 Å². The van der Waals surface area contributed by atoms with Crippen LogP contribution in [-0.2, 0) is 17.6 Å². The summed E-state index contributed by atoms with van der Waals surface area (Å²) in [5.74, 6) is -3.52. The maximum absolute atomic E-state index is 12.8. The average molecular weight is 263 g/mol. The molecule has 1 aromatic rings. The lowest BCUT2D eigenvalue weighted by Crippen LogP contribution is -2.42. The van der Waals surface area contributed by atoms with Crippen LogP contribution in [0.15, 0.2) is 5.38 Å². The Morgan fingerprint density at radius 3 is 2.88 bits per heavy atom. The molecule has 0 aromatic carbocycles. The SMILES string of the molecule is CCc1nc(CC(=O)NCC(F)(F)CN)cs1. The van der Waals surface area contributed by atoms with Crippen molar-refractivity contribution in [3.63, 3.8) is 0 Å². The highest BCUT2D eigenvalue weighted by Crippen LogP contribution is 2.11. The van der Waals surface area contributed by atoms with Crippen molar-refractivity contribution < 1.29 is 13.6 Å². The van der Waals surface area contributed by atoms with Gasteiger partial charge in [-0.25, -0.2) is 13.8 Å². The van der Waals surface area contributed by atoms with Crippen LogP contribution in [-0.4, -0.2) is 29.9 Å². The summed E-state index contributed by atoms with van der Waals surface area (Å²) >= 11 is 1.46. The lowest BCUT2D eigenvalue weighted by atomic mass is 10.3. The Bertz CT molecular complexity index is 381. The number of halogens is 2. The summed E-state index contributed by atoms with van der Waals surface area (Å²) in [6.45, 7) is 0.460. The van der Waals surface area contributed by atoms with Gasteiger partial charge in [0.1, 0.15) is 0 Å². The van der Waals surface area contributed by atoms with E-state index in [1.54, 1.807) is 5.38 Å². The van der Waals surface area contributed by atoms with E-state index in [4.69, 9.17) is 5.73 Å². The third kappa shape index (κ3) is 4.74. The molecule has 96 valence electrons. The molecule has 0 saturated heterocycles. The van der Waals surface area contributed by atoms with E-state index in [9.17, 15) is 13.6 Å². The number of aryl methyl sites for hydroxylation is 1. The topological polar surface area (TPSA) is 68.0 Å². The zero-order valence-corrected chi connectivity index (χ0v) is 10.3. The first kappa shape index (κ1) is 14.0. The summed E-state index contributed by atoms with van der Waals surface area (Å²) in [5.41, 5.74) is 5.47. The zero-order chi connectivity index (χ0) is 12.9. The van der Waals surface area contributed by atoms with E-state index >= 15 is 0 Å². The molecule has 1 amide bonds. The number of nitrogens with zero attached hydrogens (tertiary/aromatic N) is 1. The number of amides is 1. The molecule has 0 aliphatic heterocycles. The number of carbonyl (C=O) groups is 1. The molecule has 4 nitrogen and oxygen atoms in total. The number of aromatic nitrogens is 1. The number of rotatable bonds is 6. The third-order valence-corrected chi connectivity index (χ3v) is 3.13. The van der Waals surface area contributed by atoms with E-state index in [1.807, 2.05) is 6.92 Å². The maximum atomic E-state index is 12.8. The number of nitrogens with two attached hydrogens (primary N) is 1. The number of nitrogens with one attached hydrogen (secondary N) is 1. The summed E-state index contributed by atoms with van der Waals surface area (Å²) in [6, 6.07) is 0. The van der Waals surface area contributed by atoms with Gasteiger partial charge in [0.25, 0.3) is 5.92 Å². The van der Waals surface area contributed by atoms with E-state index < -0.39 is 24.9 Å². The molecule has 1 aromatic heterocycles. The van der Waals surface area contributed by atoms with Crippen molar-refractivity contribution in [3.05, 3.63) is 16.1 Å². The number of hydrogen-bond donors (Lipinski definition) is 2. The maximum Gasteiger partial charge on any atom is 0.277 e. The molecular formula is C10H15F2N3OS. The first-order valence-electron chi connectivity index (χ1n) is 5.24. The Hall–Kier alpha value is -1.08. The van der Waals surface area contributed by atoms with Gasteiger partial charge < -0.3 is 11.1 Å². The van der Waals surface area contributed by atoms with E-state index in [0.717, 1.165) is 11.4 Å². The van der Waals surface area contributed by atoms with Crippen molar-refractivity contribution in [3.8, 4) is 0 Å². The number of thiazole rings is 1. The van der Waals surface area contributed by atoms with Crippen molar-refractivity contribution in [1.82, 2.24) is 10.3 Å². The standard InChI is InChI=1S/C10H15F2N3OS/c1-2-9-15-7(4-17-9)3-8(16)14-6-10(11,12)5-13/h4H,2-3,5-6,13H2,1H3,(H,14,16). The van der Waals surface area contributed by atoms with Crippen molar-refractivity contribution in [2.45, 2.75) is 25.7 Å². The fourth-order valence-corrected chi connectivity index (χ4v) is 1.86. The molecule has 0 saturated carbocycles. The monoisotopic (exact) mass is 263 g/mol. The van der Waals surface area contributed by atoms with Crippen LogP contribution < -0.4 is 11.1 Å². The van der Waals surface area contributed by atoms with Crippen LogP contribution in [0.1, 0.15) is 17.6 Å². The van der Waals surface area contributed by atoms with Gasteiger partial charge >= 0.3 is 0 Å². The highest BCUT2D eigenvalue weighted by atomic mass is 32.1. The summed E-state index contributed by atoms with van der Waals surface area (Å²) < 4.78 is 25.5. The molecule has 7 heteroatoms. The second-order valence-corrected chi connectivity index (χ2v) is 4.54. The smallest absolute Gasteiger partial charge is 0.277 e. The molecule has 1 heterocycles. The first-order chi connectivity index (χ1) is 7.96.